The van der Waals surface area contributed by atoms with Crippen molar-refractivity contribution in [3.63, 3.8) is 0 Å². The van der Waals surface area contributed by atoms with Crippen LogP contribution in [-0.4, -0.2) is 37.1 Å². The van der Waals surface area contributed by atoms with Crippen LogP contribution in [0.2, 0.25) is 0 Å². The van der Waals surface area contributed by atoms with E-state index in [0.717, 1.165) is 0 Å². The highest BCUT2D eigenvalue weighted by atomic mass is 35.5. The van der Waals surface area contributed by atoms with Crippen LogP contribution in [0, 0.1) is 0 Å². The molecule has 0 amide bonds. The van der Waals surface area contributed by atoms with Crippen molar-refractivity contribution >= 4 is 24.8 Å². The quantitative estimate of drug-likeness (QED) is 0.623. The summed E-state index contributed by atoms with van der Waals surface area (Å²) in [7, 11) is 2.24. The Bertz CT molecular complexity index is 126. The van der Waals surface area contributed by atoms with Crippen LogP contribution in [0.5, 0.6) is 0 Å². The van der Waals surface area contributed by atoms with Crippen molar-refractivity contribution in [2.45, 2.75) is 18.4 Å². The number of nitrogens with zero attached hydrogens (tertiary/aromatic N) is 1. The fourth-order valence-corrected chi connectivity index (χ4v) is 1.64. The van der Waals surface area contributed by atoms with Crippen LogP contribution in [0.1, 0.15) is 12.8 Å². The third-order valence-electron chi connectivity index (χ3n) is 2.71. The zero-order chi connectivity index (χ0) is 6.32. The summed E-state index contributed by atoms with van der Waals surface area (Å²) in [6.07, 6.45) is 2.83. The smallest absolute Gasteiger partial charge is 0.0332 e. The van der Waals surface area contributed by atoms with Gasteiger partial charge in [0.05, 0.1) is 0 Å². The molecule has 2 fully saturated rings. The van der Waals surface area contributed by atoms with Gasteiger partial charge < -0.3 is 5.32 Å². The average Bonchev–Trinajstić information content (AvgIpc) is 2.60. The van der Waals surface area contributed by atoms with Crippen molar-refractivity contribution in [3.8, 4) is 0 Å². The second kappa shape index (κ2) is 3.94. The highest BCUT2D eigenvalue weighted by Crippen LogP contribution is 2.40. The lowest BCUT2D eigenvalue weighted by molar-refractivity contribution is 0.180. The van der Waals surface area contributed by atoms with E-state index in [1.54, 1.807) is 0 Å². The molecule has 2 aliphatic rings. The minimum atomic E-state index is 0. The predicted octanol–water partition coefficient (Wildman–Crippen LogP) is 0.898. The Labute approximate surface area is 80.5 Å². The number of piperazine rings is 1. The first-order valence-corrected chi connectivity index (χ1v) is 3.75. The Hall–Kier alpha value is 0.500. The Kier molecular flexibility index (Phi) is 4.12. The number of hydrogen-bond acceptors (Lipinski definition) is 2. The largest absolute Gasteiger partial charge is 0.314 e. The molecule has 11 heavy (non-hydrogen) atoms. The second-order valence-corrected chi connectivity index (χ2v) is 3.32. The molecule has 0 radical (unpaired) electrons. The lowest BCUT2D eigenvalue weighted by atomic mass is 10.2. The molecule has 4 heteroatoms. The van der Waals surface area contributed by atoms with Gasteiger partial charge in [-0.1, -0.05) is 0 Å². The summed E-state index contributed by atoms with van der Waals surface area (Å²) in [4.78, 5) is 2.50. The van der Waals surface area contributed by atoms with Crippen LogP contribution in [0.15, 0.2) is 0 Å². The third-order valence-corrected chi connectivity index (χ3v) is 2.71. The normalized spacial score (nSPS) is 27.0. The number of likely N-dealkylation sites (N-methyl/N-ethyl adjacent to an activating group) is 1. The molecule has 0 aromatic heterocycles. The second-order valence-electron chi connectivity index (χ2n) is 3.32. The van der Waals surface area contributed by atoms with Gasteiger partial charge >= 0.3 is 0 Å². The molecule has 0 aromatic rings. The lowest BCUT2D eigenvalue weighted by Crippen LogP contribution is -2.51. The molecular formula is C7H16Cl2N2. The molecular weight excluding hydrogens is 183 g/mol. The molecule has 0 aromatic carbocycles. The van der Waals surface area contributed by atoms with Crippen LogP contribution < -0.4 is 5.32 Å². The average molecular weight is 199 g/mol. The van der Waals surface area contributed by atoms with Gasteiger partial charge in [-0.05, 0) is 19.9 Å². The third kappa shape index (κ3) is 2.00. The van der Waals surface area contributed by atoms with E-state index < -0.39 is 0 Å². The van der Waals surface area contributed by atoms with E-state index in [1.165, 1.54) is 32.5 Å². The highest BCUT2D eigenvalue weighted by molar-refractivity contribution is 5.85. The fraction of sp³-hybridized carbons (Fsp3) is 1.00. The molecule has 2 nitrogen and oxygen atoms in total. The van der Waals surface area contributed by atoms with Crippen LogP contribution in [0.3, 0.4) is 0 Å². The summed E-state index contributed by atoms with van der Waals surface area (Å²) < 4.78 is 0. The topological polar surface area (TPSA) is 15.3 Å². The van der Waals surface area contributed by atoms with Gasteiger partial charge in [0.15, 0.2) is 0 Å². The summed E-state index contributed by atoms with van der Waals surface area (Å²) in [5.74, 6) is 0. The molecule has 0 bridgehead atoms. The number of hydrogen-bond donors (Lipinski definition) is 1. The maximum Gasteiger partial charge on any atom is 0.0332 e. The first-order valence-electron chi connectivity index (χ1n) is 3.75. The van der Waals surface area contributed by atoms with E-state index in [9.17, 15) is 0 Å². The molecule has 1 N–H and O–H groups in total. The number of halogens is 2. The van der Waals surface area contributed by atoms with E-state index in [1.807, 2.05) is 0 Å². The van der Waals surface area contributed by atoms with Crippen molar-refractivity contribution in [2.24, 2.45) is 0 Å². The molecule has 2 rings (SSSR count). The molecule has 68 valence electrons. The minimum absolute atomic E-state index is 0. The van der Waals surface area contributed by atoms with E-state index in [0.29, 0.717) is 5.54 Å². The SMILES string of the molecule is CN1CCNCC12CC2.Cl.Cl. The highest BCUT2D eigenvalue weighted by Gasteiger charge is 2.46. The van der Waals surface area contributed by atoms with Crippen molar-refractivity contribution in [1.29, 1.82) is 0 Å². The van der Waals surface area contributed by atoms with Crippen molar-refractivity contribution in [1.82, 2.24) is 10.2 Å². The summed E-state index contributed by atoms with van der Waals surface area (Å²) in [6.45, 7) is 3.64. The number of rotatable bonds is 0. The maximum atomic E-state index is 3.43. The first kappa shape index (κ1) is 11.5. The number of nitrogens with one attached hydrogen (secondary N) is 1. The Morgan fingerprint density at radius 1 is 1.27 bits per heavy atom. The lowest BCUT2D eigenvalue weighted by Gasteiger charge is -2.33. The van der Waals surface area contributed by atoms with Crippen LogP contribution in [-0.2, 0) is 0 Å². The fourth-order valence-electron chi connectivity index (χ4n) is 1.64. The van der Waals surface area contributed by atoms with Gasteiger partial charge in [-0.25, -0.2) is 0 Å². The van der Waals surface area contributed by atoms with E-state index >= 15 is 0 Å². The van der Waals surface area contributed by atoms with Crippen molar-refractivity contribution in [2.75, 3.05) is 26.7 Å². The van der Waals surface area contributed by atoms with Crippen LogP contribution in [0.4, 0.5) is 0 Å². The van der Waals surface area contributed by atoms with E-state index in [2.05, 4.69) is 17.3 Å². The molecule has 1 aliphatic heterocycles. The monoisotopic (exact) mass is 198 g/mol. The van der Waals surface area contributed by atoms with Crippen LogP contribution >= 0.6 is 24.8 Å². The molecule has 0 unspecified atom stereocenters. The summed E-state index contributed by atoms with van der Waals surface area (Å²) in [6, 6.07) is 0. The van der Waals surface area contributed by atoms with Crippen molar-refractivity contribution in [3.05, 3.63) is 0 Å². The van der Waals surface area contributed by atoms with Crippen LogP contribution in [0.25, 0.3) is 0 Å². The first-order chi connectivity index (χ1) is 4.33. The summed E-state index contributed by atoms with van der Waals surface area (Å²) >= 11 is 0. The molecule has 1 saturated carbocycles. The van der Waals surface area contributed by atoms with Gasteiger partial charge in [0.2, 0.25) is 0 Å². The van der Waals surface area contributed by atoms with Gasteiger partial charge in [0, 0.05) is 25.2 Å². The van der Waals surface area contributed by atoms with Gasteiger partial charge in [0.25, 0.3) is 0 Å². The van der Waals surface area contributed by atoms with Crippen molar-refractivity contribution < 1.29 is 0 Å². The Morgan fingerprint density at radius 2 is 1.91 bits per heavy atom. The molecule has 0 atom stereocenters. The van der Waals surface area contributed by atoms with E-state index in [4.69, 9.17) is 0 Å². The standard InChI is InChI=1S/C7H14N2.2ClH/c1-9-5-4-8-6-7(9)2-3-7;;/h8H,2-6H2,1H3;2*1H. The van der Waals surface area contributed by atoms with E-state index in [-0.39, 0.29) is 24.8 Å². The van der Waals surface area contributed by atoms with Gasteiger partial charge in [-0.3, -0.25) is 4.90 Å². The Morgan fingerprint density at radius 3 is 2.27 bits per heavy atom. The predicted molar refractivity (Wildman–Crippen MR) is 52.0 cm³/mol. The van der Waals surface area contributed by atoms with Gasteiger partial charge in [0.1, 0.15) is 0 Å². The summed E-state index contributed by atoms with van der Waals surface area (Å²) in [5, 5.41) is 3.43. The molecule has 1 saturated heterocycles. The Balaban J connectivity index is 0.000000500. The van der Waals surface area contributed by atoms with Gasteiger partial charge in [-0.15, -0.1) is 24.8 Å². The zero-order valence-electron chi connectivity index (χ0n) is 6.80. The molecule has 1 aliphatic carbocycles. The maximum absolute atomic E-state index is 3.43. The zero-order valence-corrected chi connectivity index (χ0v) is 8.43. The van der Waals surface area contributed by atoms with Gasteiger partial charge in [-0.2, -0.15) is 0 Å². The molecule has 1 spiro atoms. The summed E-state index contributed by atoms with van der Waals surface area (Å²) in [5.41, 5.74) is 0.609. The minimum Gasteiger partial charge on any atom is -0.314 e. The molecule has 1 heterocycles.